The van der Waals surface area contributed by atoms with Gasteiger partial charge >= 0.3 is 0 Å². The normalized spacial score (nSPS) is 12.8. The number of hydrogen-bond donors (Lipinski definition) is 4. The topological polar surface area (TPSA) is 264 Å². The third-order valence-electron chi connectivity index (χ3n) is 11.4. The predicted molar refractivity (Wildman–Crippen MR) is 251 cm³/mol. The van der Waals surface area contributed by atoms with E-state index in [1.54, 1.807) is 42.5 Å². The molecule has 3 aromatic rings. The van der Waals surface area contributed by atoms with Crippen LogP contribution in [0.2, 0.25) is 0 Å². The number of primary amides is 1. The molecule has 6 rings (SSSR count). The molecule has 0 unspecified atom stereocenters. The van der Waals surface area contributed by atoms with Crippen LogP contribution in [0.5, 0.6) is 34.5 Å². The summed E-state index contributed by atoms with van der Waals surface area (Å²) in [5.74, 6) is 0.109. The number of hydrogen-bond acceptors (Lipinski definition) is 15. The number of carbonyl (C=O) groups excluding carboxylic acids is 6. The maximum Gasteiger partial charge on any atom is 0.242 e. The zero-order chi connectivity index (χ0) is 49.3. The second-order valence-electron chi connectivity index (χ2n) is 17.4. The number of benzene rings is 3. The summed E-state index contributed by atoms with van der Waals surface area (Å²) in [6.45, 7) is 3.61. The molecule has 6 amide bonds. The van der Waals surface area contributed by atoms with E-state index >= 15 is 0 Å². The Balaban J connectivity index is 1.17. The highest BCUT2D eigenvalue weighted by molar-refractivity contribution is 5.92. The molecule has 0 saturated carbocycles. The van der Waals surface area contributed by atoms with E-state index in [0.29, 0.717) is 90.9 Å². The number of amides is 6. The lowest BCUT2D eigenvalue weighted by Crippen LogP contribution is -2.52. The summed E-state index contributed by atoms with van der Waals surface area (Å²) in [7, 11) is 0. The predicted octanol–water partition coefficient (Wildman–Crippen LogP) is 1.12. The summed E-state index contributed by atoms with van der Waals surface area (Å²) in [6.07, 6.45) is 2.20. The standard InChI is InChI=1S/C48H65N9O12/c1-33(2)22-55(28-45(60)54(16-6-4-14-50)27-46(61)56(25-43(51)58)23-35-8-11-38-41(18-35)68-31-65-38)48(63)29-57(24-36-9-12-39-42(19-36)69-32-66-39)47(62)26-53(15-5-3-13-49)44(59)21-52-20-34-7-10-37-40(17-34)67-30-64-37/h7-12,17-19,33,52H,3-6,13-16,20-32,49-50H2,1-2H3,(H2,51,58). The Morgan fingerprint density at radius 1 is 0.507 bits per heavy atom. The third-order valence-corrected chi connectivity index (χ3v) is 11.4. The van der Waals surface area contributed by atoms with Gasteiger partial charge < -0.3 is 75.4 Å². The van der Waals surface area contributed by atoms with E-state index < -0.39 is 55.7 Å². The Hall–Kier alpha value is -6.84. The second kappa shape index (κ2) is 25.5. The van der Waals surface area contributed by atoms with E-state index in [1.165, 1.54) is 24.5 Å². The molecule has 0 saturated heterocycles. The molecule has 0 radical (unpaired) electrons. The third kappa shape index (κ3) is 15.3. The van der Waals surface area contributed by atoms with Crippen LogP contribution in [-0.4, -0.2) is 152 Å². The molecule has 374 valence electrons. The molecule has 3 aliphatic rings. The lowest BCUT2D eigenvalue weighted by atomic mass is 10.1. The highest BCUT2D eigenvalue weighted by Gasteiger charge is 2.30. The van der Waals surface area contributed by atoms with Crippen LogP contribution in [0.1, 0.15) is 56.2 Å². The van der Waals surface area contributed by atoms with E-state index in [9.17, 15) is 28.8 Å². The minimum atomic E-state index is -0.740. The molecule has 7 N–H and O–H groups in total. The van der Waals surface area contributed by atoms with Crippen LogP contribution in [0.25, 0.3) is 0 Å². The number of nitrogens with two attached hydrogens (primary N) is 3. The highest BCUT2D eigenvalue weighted by atomic mass is 16.7. The van der Waals surface area contributed by atoms with Crippen LogP contribution in [-0.2, 0) is 48.4 Å². The van der Waals surface area contributed by atoms with E-state index in [1.807, 2.05) is 26.0 Å². The maximum atomic E-state index is 14.5. The van der Waals surface area contributed by atoms with E-state index in [2.05, 4.69) is 5.32 Å². The van der Waals surface area contributed by atoms with Gasteiger partial charge in [-0.05, 0) is 97.8 Å². The fraction of sp³-hybridized carbons (Fsp3) is 0.500. The molecule has 3 heterocycles. The molecule has 0 fully saturated rings. The van der Waals surface area contributed by atoms with Crippen LogP contribution >= 0.6 is 0 Å². The van der Waals surface area contributed by atoms with Crippen molar-refractivity contribution in [1.82, 2.24) is 29.8 Å². The Bertz CT molecular complexity index is 2280. The van der Waals surface area contributed by atoms with Gasteiger partial charge in [0.2, 0.25) is 55.8 Å². The molecule has 0 aliphatic carbocycles. The van der Waals surface area contributed by atoms with Crippen molar-refractivity contribution in [3.8, 4) is 34.5 Å². The first-order valence-electron chi connectivity index (χ1n) is 23.2. The Kier molecular flexibility index (Phi) is 19.1. The molecule has 21 heteroatoms. The van der Waals surface area contributed by atoms with Gasteiger partial charge in [-0.15, -0.1) is 0 Å². The van der Waals surface area contributed by atoms with E-state index in [0.717, 1.165) is 5.56 Å². The minimum Gasteiger partial charge on any atom is -0.454 e. The fourth-order valence-corrected chi connectivity index (χ4v) is 7.87. The number of fused-ring (bicyclic) bond motifs is 3. The van der Waals surface area contributed by atoms with Crippen LogP contribution in [0, 0.1) is 5.92 Å². The molecule has 3 aromatic carbocycles. The van der Waals surface area contributed by atoms with Crippen LogP contribution in [0.4, 0.5) is 0 Å². The highest BCUT2D eigenvalue weighted by Crippen LogP contribution is 2.35. The van der Waals surface area contributed by atoms with Crippen LogP contribution in [0.15, 0.2) is 54.6 Å². The largest absolute Gasteiger partial charge is 0.454 e. The zero-order valence-corrected chi connectivity index (χ0v) is 39.5. The van der Waals surface area contributed by atoms with Crippen molar-refractivity contribution in [3.05, 3.63) is 71.3 Å². The lowest BCUT2D eigenvalue weighted by molar-refractivity contribution is -0.148. The van der Waals surface area contributed by atoms with Crippen molar-refractivity contribution in [1.29, 1.82) is 0 Å². The monoisotopic (exact) mass is 959 g/mol. The van der Waals surface area contributed by atoms with Gasteiger partial charge in [0.05, 0.1) is 32.7 Å². The van der Waals surface area contributed by atoms with Gasteiger partial charge in [0, 0.05) is 39.3 Å². The van der Waals surface area contributed by atoms with Crippen molar-refractivity contribution in [2.75, 3.05) is 92.4 Å². The minimum absolute atomic E-state index is 0.00214. The molecular formula is C48H65N9O12. The van der Waals surface area contributed by atoms with Crippen LogP contribution < -0.4 is 50.9 Å². The molecule has 21 nitrogen and oxygen atoms in total. The van der Waals surface area contributed by atoms with Gasteiger partial charge in [0.15, 0.2) is 34.5 Å². The molecule has 3 aliphatic heterocycles. The number of nitrogens with one attached hydrogen (secondary N) is 1. The summed E-state index contributed by atoms with van der Waals surface area (Å²) in [4.78, 5) is 90.1. The quantitative estimate of drug-likeness (QED) is 0.0744. The first kappa shape index (κ1) is 51.5. The number of rotatable bonds is 28. The van der Waals surface area contributed by atoms with Gasteiger partial charge in [-0.3, -0.25) is 28.8 Å². The second-order valence-corrected chi connectivity index (χ2v) is 17.4. The summed E-state index contributed by atoms with van der Waals surface area (Å²) in [5, 5.41) is 3.16. The molecule has 69 heavy (non-hydrogen) atoms. The molecular weight excluding hydrogens is 895 g/mol. The molecule has 0 bridgehead atoms. The number of unbranched alkanes of at least 4 members (excludes halogenated alkanes) is 2. The van der Waals surface area contributed by atoms with Crippen molar-refractivity contribution in [2.24, 2.45) is 23.1 Å². The van der Waals surface area contributed by atoms with Crippen molar-refractivity contribution >= 4 is 35.4 Å². The van der Waals surface area contributed by atoms with Gasteiger partial charge in [-0.25, -0.2) is 0 Å². The number of nitrogens with zero attached hydrogens (tertiary/aromatic N) is 5. The molecule has 0 spiro atoms. The van der Waals surface area contributed by atoms with Crippen molar-refractivity contribution in [2.45, 2.75) is 59.2 Å². The van der Waals surface area contributed by atoms with Gasteiger partial charge in [-0.2, -0.15) is 0 Å². The lowest BCUT2D eigenvalue weighted by Gasteiger charge is -2.32. The van der Waals surface area contributed by atoms with Crippen molar-refractivity contribution < 1.29 is 57.2 Å². The number of carbonyl (C=O) groups is 6. The average Bonchev–Trinajstić information content (AvgIpc) is 4.11. The first-order chi connectivity index (χ1) is 33.3. The van der Waals surface area contributed by atoms with Gasteiger partial charge in [0.25, 0.3) is 0 Å². The summed E-state index contributed by atoms with van der Waals surface area (Å²) < 4.78 is 32.9. The van der Waals surface area contributed by atoms with Crippen LogP contribution in [0.3, 0.4) is 0 Å². The van der Waals surface area contributed by atoms with Gasteiger partial charge in [-0.1, -0.05) is 32.0 Å². The SMILES string of the molecule is CC(C)CN(CC(=O)N(CCCCN)CC(=O)N(CC(N)=O)Cc1ccc2c(c1)OCO2)C(=O)CN(Cc1ccc2c(c1)OCO2)C(=O)CN(CCCCN)C(=O)CNCc1ccc2c(c1)OCO2. The summed E-state index contributed by atoms with van der Waals surface area (Å²) in [6, 6.07) is 15.9. The van der Waals surface area contributed by atoms with Gasteiger partial charge in [0.1, 0.15) is 6.54 Å². The summed E-state index contributed by atoms with van der Waals surface area (Å²) >= 11 is 0. The smallest absolute Gasteiger partial charge is 0.242 e. The zero-order valence-electron chi connectivity index (χ0n) is 39.5. The fourth-order valence-electron chi connectivity index (χ4n) is 7.87. The number of ether oxygens (including phenoxy) is 6. The van der Waals surface area contributed by atoms with E-state index in [-0.39, 0.29) is 78.0 Å². The van der Waals surface area contributed by atoms with Crippen molar-refractivity contribution in [3.63, 3.8) is 0 Å². The Morgan fingerprint density at radius 3 is 1.38 bits per heavy atom. The Labute approximate surface area is 401 Å². The average molecular weight is 960 g/mol. The summed E-state index contributed by atoms with van der Waals surface area (Å²) in [5.41, 5.74) is 19.3. The maximum absolute atomic E-state index is 14.5. The first-order valence-corrected chi connectivity index (χ1v) is 23.2. The molecule has 0 atom stereocenters. The Morgan fingerprint density at radius 2 is 0.899 bits per heavy atom. The molecule has 0 aromatic heterocycles. The van der Waals surface area contributed by atoms with E-state index in [4.69, 9.17) is 45.6 Å².